The van der Waals surface area contributed by atoms with Crippen LogP contribution in [0, 0.1) is 0 Å². The molecule has 0 radical (unpaired) electrons. The van der Waals surface area contributed by atoms with Crippen LogP contribution in [0.1, 0.15) is 17.3 Å². The maximum Gasteiger partial charge on any atom is 0.573 e. The average Bonchev–Trinajstić information content (AvgIpc) is 2.16. The van der Waals surface area contributed by atoms with Crippen molar-refractivity contribution in [3.05, 3.63) is 29.8 Å². The predicted octanol–water partition coefficient (Wildman–Crippen LogP) is 2.76. The van der Waals surface area contributed by atoms with E-state index in [1.807, 2.05) is 0 Å². The van der Waals surface area contributed by atoms with Gasteiger partial charge in [0.1, 0.15) is 5.75 Å². The number of benzene rings is 1. The zero-order valence-electron chi connectivity index (χ0n) is 8.38. The Labute approximate surface area is 89.8 Å². The maximum atomic E-state index is 11.9. The van der Waals surface area contributed by atoms with Crippen molar-refractivity contribution >= 4 is 5.97 Å². The van der Waals surface area contributed by atoms with Crippen LogP contribution in [0.15, 0.2) is 24.3 Å². The van der Waals surface area contributed by atoms with Crippen molar-refractivity contribution in [2.24, 2.45) is 0 Å². The monoisotopic (exact) mass is 234 g/mol. The van der Waals surface area contributed by atoms with Gasteiger partial charge in [-0.3, -0.25) is 0 Å². The smallest absolute Gasteiger partial charge is 0.462 e. The summed E-state index contributed by atoms with van der Waals surface area (Å²) in [6.45, 7) is 1.76. The topological polar surface area (TPSA) is 35.5 Å². The molecule has 0 aromatic heterocycles. The van der Waals surface area contributed by atoms with Gasteiger partial charge in [0.2, 0.25) is 0 Å². The van der Waals surface area contributed by atoms with Crippen LogP contribution < -0.4 is 4.74 Å². The Morgan fingerprint density at radius 3 is 2.62 bits per heavy atom. The van der Waals surface area contributed by atoms with Gasteiger partial charge in [0, 0.05) is 0 Å². The lowest BCUT2D eigenvalue weighted by molar-refractivity contribution is -0.274. The van der Waals surface area contributed by atoms with E-state index in [1.165, 1.54) is 12.1 Å². The second-order valence-electron chi connectivity index (χ2n) is 2.80. The van der Waals surface area contributed by atoms with E-state index < -0.39 is 18.1 Å². The minimum Gasteiger partial charge on any atom is -0.462 e. The predicted molar refractivity (Wildman–Crippen MR) is 49.1 cm³/mol. The third-order valence-corrected chi connectivity index (χ3v) is 1.58. The van der Waals surface area contributed by atoms with Crippen molar-refractivity contribution < 1.29 is 27.4 Å². The lowest BCUT2D eigenvalue weighted by atomic mass is 10.2. The van der Waals surface area contributed by atoms with Crippen LogP contribution in [-0.4, -0.2) is 18.9 Å². The van der Waals surface area contributed by atoms with Gasteiger partial charge in [-0.2, -0.15) is 0 Å². The van der Waals surface area contributed by atoms with Crippen LogP contribution in [0.25, 0.3) is 0 Å². The summed E-state index contributed by atoms with van der Waals surface area (Å²) in [5.74, 6) is -1.13. The lowest BCUT2D eigenvalue weighted by Crippen LogP contribution is -2.17. The van der Waals surface area contributed by atoms with Crippen molar-refractivity contribution in [3.8, 4) is 5.75 Å². The van der Waals surface area contributed by atoms with Crippen LogP contribution >= 0.6 is 0 Å². The Balaban J connectivity index is 2.83. The first kappa shape index (κ1) is 12.4. The van der Waals surface area contributed by atoms with Crippen LogP contribution in [-0.2, 0) is 4.74 Å². The molecule has 0 aliphatic carbocycles. The third-order valence-electron chi connectivity index (χ3n) is 1.58. The van der Waals surface area contributed by atoms with Crippen LogP contribution in [0.2, 0.25) is 0 Å². The molecule has 1 aromatic carbocycles. The summed E-state index contributed by atoms with van der Waals surface area (Å²) >= 11 is 0. The van der Waals surface area contributed by atoms with Gasteiger partial charge in [-0.25, -0.2) is 4.79 Å². The Morgan fingerprint density at radius 2 is 2.06 bits per heavy atom. The molecule has 0 fully saturated rings. The van der Waals surface area contributed by atoms with E-state index in [2.05, 4.69) is 9.47 Å². The number of alkyl halides is 3. The molecule has 0 amide bonds. The van der Waals surface area contributed by atoms with E-state index in [1.54, 1.807) is 6.92 Å². The minimum absolute atomic E-state index is 0.0172. The molecule has 0 aliphatic heterocycles. The van der Waals surface area contributed by atoms with Gasteiger partial charge in [0.15, 0.2) is 0 Å². The first-order valence-corrected chi connectivity index (χ1v) is 4.45. The Morgan fingerprint density at radius 1 is 1.38 bits per heavy atom. The number of esters is 1. The maximum absolute atomic E-state index is 11.9. The Bertz CT molecular complexity index is 374. The largest absolute Gasteiger partial charge is 0.573 e. The molecule has 0 N–H and O–H groups in total. The van der Waals surface area contributed by atoms with Crippen LogP contribution in [0.4, 0.5) is 13.2 Å². The molecule has 3 nitrogen and oxygen atoms in total. The van der Waals surface area contributed by atoms with Gasteiger partial charge in [-0.15, -0.1) is 13.2 Å². The molecule has 1 rings (SSSR count). The molecular weight excluding hydrogens is 225 g/mol. The summed E-state index contributed by atoms with van der Waals surface area (Å²) in [6.07, 6.45) is -4.77. The zero-order chi connectivity index (χ0) is 12.2. The SMILES string of the molecule is CCOC(=O)c1cccc(OC(F)(F)F)c1. The highest BCUT2D eigenvalue weighted by atomic mass is 19.4. The standard InChI is InChI=1S/C10H9F3O3/c1-2-15-9(14)7-4-3-5-8(6-7)16-10(11,12)13/h3-6H,2H2,1H3. The molecule has 16 heavy (non-hydrogen) atoms. The molecule has 0 bridgehead atoms. The zero-order valence-corrected chi connectivity index (χ0v) is 8.38. The second-order valence-corrected chi connectivity index (χ2v) is 2.80. The van der Waals surface area contributed by atoms with Crippen LogP contribution in [0.5, 0.6) is 5.75 Å². The normalized spacial score (nSPS) is 11.0. The van der Waals surface area contributed by atoms with Crippen molar-refractivity contribution in [1.82, 2.24) is 0 Å². The fraction of sp³-hybridized carbons (Fsp3) is 0.300. The van der Waals surface area contributed by atoms with Gasteiger partial charge < -0.3 is 9.47 Å². The summed E-state index contributed by atoms with van der Waals surface area (Å²) in [6, 6.07) is 4.72. The third kappa shape index (κ3) is 3.80. The quantitative estimate of drug-likeness (QED) is 0.754. The van der Waals surface area contributed by atoms with Crippen LogP contribution in [0.3, 0.4) is 0 Å². The van der Waals surface area contributed by atoms with Gasteiger partial charge >= 0.3 is 12.3 Å². The van der Waals surface area contributed by atoms with E-state index in [4.69, 9.17) is 0 Å². The molecule has 1 aromatic rings. The number of hydrogen-bond donors (Lipinski definition) is 0. The van der Waals surface area contributed by atoms with Crippen molar-refractivity contribution in [2.45, 2.75) is 13.3 Å². The molecule has 0 saturated carbocycles. The van der Waals surface area contributed by atoms with E-state index in [0.717, 1.165) is 12.1 Å². The molecule has 0 spiro atoms. The highest BCUT2D eigenvalue weighted by Crippen LogP contribution is 2.23. The summed E-state index contributed by atoms with van der Waals surface area (Å²) < 4.78 is 44.0. The lowest BCUT2D eigenvalue weighted by Gasteiger charge is -2.09. The van der Waals surface area contributed by atoms with E-state index >= 15 is 0 Å². The Kier molecular flexibility index (Phi) is 3.76. The Hall–Kier alpha value is -1.72. The fourth-order valence-corrected chi connectivity index (χ4v) is 1.03. The minimum atomic E-state index is -4.77. The van der Waals surface area contributed by atoms with E-state index in [0.29, 0.717) is 0 Å². The van der Waals surface area contributed by atoms with Crippen molar-refractivity contribution in [3.63, 3.8) is 0 Å². The molecule has 88 valence electrons. The van der Waals surface area contributed by atoms with Crippen molar-refractivity contribution in [1.29, 1.82) is 0 Å². The number of carbonyl (C=O) groups is 1. The summed E-state index contributed by atoms with van der Waals surface area (Å²) in [5, 5.41) is 0. The van der Waals surface area contributed by atoms with Gasteiger partial charge in [-0.1, -0.05) is 6.07 Å². The first-order chi connectivity index (χ1) is 7.42. The van der Waals surface area contributed by atoms with E-state index in [9.17, 15) is 18.0 Å². The summed E-state index contributed by atoms with van der Waals surface area (Å²) in [5.41, 5.74) is 0.0172. The summed E-state index contributed by atoms with van der Waals surface area (Å²) in [4.78, 5) is 11.2. The van der Waals surface area contributed by atoms with E-state index in [-0.39, 0.29) is 12.2 Å². The molecule has 0 saturated heterocycles. The summed E-state index contributed by atoms with van der Waals surface area (Å²) in [7, 11) is 0. The fourth-order valence-electron chi connectivity index (χ4n) is 1.03. The van der Waals surface area contributed by atoms with Gasteiger partial charge in [0.05, 0.1) is 12.2 Å². The second kappa shape index (κ2) is 4.87. The molecule has 0 aliphatic rings. The molecule has 0 atom stereocenters. The number of halogens is 3. The number of carbonyl (C=O) groups excluding carboxylic acids is 1. The number of hydrogen-bond acceptors (Lipinski definition) is 3. The first-order valence-electron chi connectivity index (χ1n) is 4.45. The molecule has 0 heterocycles. The average molecular weight is 234 g/mol. The highest BCUT2D eigenvalue weighted by molar-refractivity contribution is 5.89. The number of ether oxygens (including phenoxy) is 2. The number of rotatable bonds is 3. The van der Waals surface area contributed by atoms with Gasteiger partial charge in [-0.05, 0) is 25.1 Å². The highest BCUT2D eigenvalue weighted by Gasteiger charge is 2.31. The molecular formula is C10H9F3O3. The van der Waals surface area contributed by atoms with Crippen molar-refractivity contribution in [2.75, 3.05) is 6.61 Å². The van der Waals surface area contributed by atoms with Gasteiger partial charge in [0.25, 0.3) is 0 Å². The molecule has 0 unspecified atom stereocenters. The molecule has 6 heteroatoms.